The molecule has 110 heavy (non-hydrogen) atoms. The number of phosphoric ester groups is 3. The number of hydrogen-bond acceptors (Lipinski definition) is 32. The first-order valence-electron chi connectivity index (χ1n) is 38.4. The Hall–Kier alpha value is -6.86. The van der Waals surface area contributed by atoms with E-state index in [0.29, 0.717) is 12.8 Å². The molecule has 0 aromatic carbocycles. The molecule has 0 saturated carbocycles. The number of phosphoric acid groups is 3. The standard InChI is InChI=1S/C69H108N15O23P3/c1-3-5-7-9-11-13-15-17-19-21-23-25-27-29-54(86)96-36-50(101-56(88)30-28-26-24-22-20-18-16-14-12-10-8-6-4-2)37-97-55(87)31-32-57(89)107-110(94,95)100-40-49-35-53(69(104-49)84-46-81-60-63(72)75-43-78-66(60)84)106-109(92,93)99-39-48-34-52(68(103-48)83-45-80-59-62(71)74-42-77-65(59)83)105-108(90,91)98-38-47-33-51(85)67(102-47)82-44-79-58-61(70)73-41-76-64(58)82/h41-53,67-69,85H,3-40H2,1-2H3,(H,90,91)(H,92,93)(H,94,95)(H2,70,73,76)(H2,71,74,77)(H2,72,75,78)/t47-,48-,49-,50?,51+,52+,53+,67+,68+,69+/m0/s1. The van der Waals surface area contributed by atoms with E-state index < -0.39 is 148 Å². The van der Waals surface area contributed by atoms with Gasteiger partial charge in [-0.25, -0.2) is 58.6 Å². The van der Waals surface area contributed by atoms with Crippen molar-refractivity contribution in [1.82, 2.24) is 58.6 Å². The van der Waals surface area contributed by atoms with Crippen LogP contribution in [0.4, 0.5) is 17.5 Å². The van der Waals surface area contributed by atoms with Crippen LogP contribution in [0, 0.1) is 0 Å². The number of nitrogen functional groups attached to an aromatic ring is 3. The summed E-state index contributed by atoms with van der Waals surface area (Å²) in [5, 5.41) is 11.0. The number of carbonyl (C=O) groups excluding carboxylic acids is 4. The van der Waals surface area contributed by atoms with E-state index >= 15 is 0 Å². The Morgan fingerprint density at radius 3 is 1.16 bits per heavy atom. The number of carbonyl (C=O) groups is 4. The maximum absolute atomic E-state index is 14.1. The zero-order chi connectivity index (χ0) is 78.5. The maximum Gasteiger partial charge on any atom is 0.529 e. The maximum atomic E-state index is 14.1. The van der Waals surface area contributed by atoms with Crippen LogP contribution in [-0.2, 0) is 88.4 Å². The number of nitrogens with zero attached hydrogens (tertiary/aromatic N) is 12. The molecule has 0 amide bonds. The van der Waals surface area contributed by atoms with Crippen molar-refractivity contribution >= 4 is 98.3 Å². The van der Waals surface area contributed by atoms with Crippen LogP contribution >= 0.6 is 23.5 Å². The number of anilines is 3. The molecule has 10 N–H and O–H groups in total. The summed E-state index contributed by atoms with van der Waals surface area (Å²) >= 11 is 0. The summed E-state index contributed by atoms with van der Waals surface area (Å²) in [5.41, 5.74) is 19.1. The number of ether oxygens (including phenoxy) is 6. The summed E-state index contributed by atoms with van der Waals surface area (Å²) in [5.74, 6) is -3.30. The molecule has 3 saturated heterocycles. The minimum absolute atomic E-state index is 0.00927. The highest BCUT2D eigenvalue weighted by atomic mass is 31.2. The Morgan fingerprint density at radius 2 is 0.764 bits per heavy atom. The van der Waals surface area contributed by atoms with Crippen LogP contribution in [0.2, 0.25) is 0 Å². The van der Waals surface area contributed by atoms with E-state index in [1.807, 2.05) is 0 Å². The second kappa shape index (κ2) is 44.0. The van der Waals surface area contributed by atoms with Crippen LogP contribution in [0.5, 0.6) is 0 Å². The van der Waals surface area contributed by atoms with Gasteiger partial charge in [-0.05, 0) is 12.8 Å². The van der Waals surface area contributed by atoms with Crippen LogP contribution in [0.3, 0.4) is 0 Å². The zero-order valence-corrected chi connectivity index (χ0v) is 65.3. The number of aliphatic hydroxyl groups excluding tert-OH is 1. The lowest BCUT2D eigenvalue weighted by molar-refractivity contribution is -0.167. The van der Waals surface area contributed by atoms with Crippen LogP contribution in [0.1, 0.15) is 244 Å². The number of imidazole rings is 3. The monoisotopic (exact) mass is 1610 g/mol. The summed E-state index contributed by atoms with van der Waals surface area (Å²) in [7, 11) is -15.6. The van der Waals surface area contributed by atoms with Crippen molar-refractivity contribution in [2.45, 2.75) is 287 Å². The van der Waals surface area contributed by atoms with Gasteiger partial charge in [0.1, 0.15) is 67.1 Å². The predicted molar refractivity (Wildman–Crippen MR) is 396 cm³/mol. The summed E-state index contributed by atoms with van der Waals surface area (Å²) in [6, 6.07) is 0. The molecule has 6 aromatic rings. The third-order valence-corrected chi connectivity index (χ3v) is 22.1. The predicted octanol–water partition coefficient (Wildman–Crippen LogP) is 10.9. The molecule has 6 aromatic heterocycles. The fraction of sp³-hybridized carbons (Fsp3) is 0.725. The van der Waals surface area contributed by atoms with Crippen LogP contribution in [0.25, 0.3) is 33.5 Å². The summed E-state index contributed by atoms with van der Waals surface area (Å²) in [6.07, 6.45) is 22.6. The van der Waals surface area contributed by atoms with Crippen molar-refractivity contribution in [1.29, 1.82) is 0 Å². The summed E-state index contributed by atoms with van der Waals surface area (Å²) in [6.45, 7) is 1.46. The minimum Gasteiger partial charge on any atom is -0.462 e. The van der Waals surface area contributed by atoms with Gasteiger partial charge in [-0.15, -0.1) is 0 Å². The second-order valence-electron chi connectivity index (χ2n) is 28.0. The normalized spacial score (nSPS) is 22.0. The number of rotatable bonds is 53. The fourth-order valence-corrected chi connectivity index (χ4v) is 16.0. The number of aromatic nitrogens is 12. The fourth-order valence-electron chi connectivity index (χ4n) is 13.4. The van der Waals surface area contributed by atoms with Gasteiger partial charge < -0.3 is 65.0 Å². The van der Waals surface area contributed by atoms with E-state index in [4.69, 9.17) is 72.8 Å². The van der Waals surface area contributed by atoms with Gasteiger partial charge in [0.25, 0.3) is 0 Å². The van der Waals surface area contributed by atoms with Gasteiger partial charge in [-0.1, -0.05) is 168 Å². The van der Waals surface area contributed by atoms with E-state index in [9.17, 15) is 52.7 Å². The number of fused-ring (bicyclic) bond motifs is 3. The molecule has 0 aliphatic carbocycles. The molecule has 9 rings (SSSR count). The van der Waals surface area contributed by atoms with E-state index in [-0.39, 0.29) is 89.7 Å². The van der Waals surface area contributed by atoms with Crippen LogP contribution in [0.15, 0.2) is 38.0 Å². The van der Waals surface area contributed by atoms with Gasteiger partial charge in [0.2, 0.25) is 0 Å². The second-order valence-corrected chi connectivity index (χ2v) is 32.2. The zero-order valence-electron chi connectivity index (χ0n) is 62.6. The van der Waals surface area contributed by atoms with E-state index in [0.717, 1.165) is 64.0 Å². The van der Waals surface area contributed by atoms with Crippen molar-refractivity contribution in [3.63, 3.8) is 0 Å². The molecule has 9 heterocycles. The lowest BCUT2D eigenvalue weighted by atomic mass is 10.0. The smallest absolute Gasteiger partial charge is 0.462 e. The molecule has 41 heteroatoms. The van der Waals surface area contributed by atoms with E-state index in [1.54, 1.807) is 0 Å². The number of hydrogen-bond donors (Lipinski definition) is 7. The SMILES string of the molecule is CCCCCCCCCCCCCCCC(=O)OCC(COC(=O)CCC(=O)OP(=O)(O)OC[C@@H]1C[C@@H](OP(=O)(O)OC[C@@H]2C[C@@H](OP(=O)(O)OC[C@@H]3C[C@@H](O)[C@H](n4cnc5c(N)ncnc54)O3)[C@H](n3cnc4c(N)ncnc43)O2)[C@H](n2cnc3c(N)ncnc32)O1)OC(=O)CCCCCCCCCCCCCCC. The Balaban J connectivity index is 0.743. The van der Waals surface area contributed by atoms with Gasteiger partial charge in [0.15, 0.2) is 59.2 Å². The highest BCUT2D eigenvalue weighted by molar-refractivity contribution is 7.48. The molecule has 13 atom stereocenters. The third-order valence-electron chi connectivity index (χ3n) is 19.1. The van der Waals surface area contributed by atoms with E-state index in [2.05, 4.69) is 58.7 Å². The number of unbranched alkanes of at least 4 members (excludes halogenated alkanes) is 24. The van der Waals surface area contributed by atoms with Crippen molar-refractivity contribution in [3.8, 4) is 0 Å². The Bertz CT molecular complexity index is 4030. The molecule has 612 valence electrons. The van der Waals surface area contributed by atoms with Gasteiger partial charge >= 0.3 is 47.3 Å². The van der Waals surface area contributed by atoms with Crippen molar-refractivity contribution in [3.05, 3.63) is 38.0 Å². The summed E-state index contributed by atoms with van der Waals surface area (Å²) < 4.78 is 113. The highest BCUT2D eigenvalue weighted by Gasteiger charge is 2.48. The quantitative estimate of drug-likeness (QED) is 0.00807. The third kappa shape index (κ3) is 27.5. The minimum atomic E-state index is -5.30. The highest BCUT2D eigenvalue weighted by Crippen LogP contribution is 2.54. The van der Waals surface area contributed by atoms with Crippen molar-refractivity contribution in [2.24, 2.45) is 0 Å². The average Bonchev–Trinajstić information content (AvgIpc) is 1.63. The Morgan fingerprint density at radius 1 is 0.436 bits per heavy atom. The Kier molecular flexibility index (Phi) is 34.8. The molecule has 0 radical (unpaired) electrons. The first-order valence-corrected chi connectivity index (χ1v) is 42.9. The molecular formula is C69H108N15O23P3. The van der Waals surface area contributed by atoms with Gasteiger partial charge in [-0.2, -0.15) is 0 Å². The van der Waals surface area contributed by atoms with E-state index in [1.165, 1.54) is 142 Å². The first kappa shape index (κ1) is 87.1. The van der Waals surface area contributed by atoms with Crippen molar-refractivity contribution in [2.75, 3.05) is 50.2 Å². The lowest BCUT2D eigenvalue weighted by Gasteiger charge is -2.23. The Labute approximate surface area is 637 Å². The van der Waals surface area contributed by atoms with Gasteiger partial charge in [0, 0.05) is 32.1 Å². The molecule has 4 unspecified atom stereocenters. The van der Waals surface area contributed by atoms with Crippen LogP contribution in [-0.4, -0.2) is 178 Å². The molecule has 38 nitrogen and oxygen atoms in total. The van der Waals surface area contributed by atoms with Gasteiger partial charge in [-0.3, -0.25) is 60.4 Å². The molecule has 0 bridgehead atoms. The number of esters is 3. The van der Waals surface area contributed by atoms with Crippen LogP contribution < -0.4 is 17.2 Å². The number of aliphatic hydroxyl groups is 1. The molecule has 0 spiro atoms. The largest absolute Gasteiger partial charge is 0.529 e. The first-order chi connectivity index (χ1) is 53.0. The number of nitrogens with two attached hydrogens (primary N) is 3. The average molecular weight is 1610 g/mol. The van der Waals surface area contributed by atoms with Gasteiger partial charge in [0.05, 0.1) is 70.0 Å². The topological polar surface area (TPSA) is 520 Å². The summed E-state index contributed by atoms with van der Waals surface area (Å²) in [4.78, 5) is 123. The molecular weight excluding hydrogens is 1500 g/mol. The molecule has 3 fully saturated rings. The molecule has 3 aliphatic heterocycles. The van der Waals surface area contributed by atoms with Crippen molar-refractivity contribution < 1.29 is 108 Å². The molecule has 3 aliphatic rings. The lowest BCUT2D eigenvalue weighted by Crippen LogP contribution is -2.31.